The van der Waals surface area contributed by atoms with E-state index < -0.39 is 5.97 Å². The number of benzene rings is 2. The van der Waals surface area contributed by atoms with Crippen LogP contribution in [0.5, 0.6) is 0 Å². The first-order valence-corrected chi connectivity index (χ1v) is 7.51. The van der Waals surface area contributed by atoms with Crippen LogP contribution in [0.25, 0.3) is 12.2 Å². The number of rotatable bonds is 3. The molecule has 0 saturated carbocycles. The molecule has 2 aromatic rings. The van der Waals surface area contributed by atoms with Gasteiger partial charge in [0.2, 0.25) is 5.90 Å². The average Bonchev–Trinajstić information content (AvgIpc) is 2.86. The summed E-state index contributed by atoms with van der Waals surface area (Å²) in [6.07, 6.45) is 5.25. The molecule has 0 unspecified atom stereocenters. The fraction of sp³-hybridized carbons (Fsp3) is 0. The maximum atomic E-state index is 11.8. The smallest absolute Gasteiger partial charge is 0.363 e. The van der Waals surface area contributed by atoms with E-state index >= 15 is 0 Å². The Balaban J connectivity index is 1.81. The van der Waals surface area contributed by atoms with Gasteiger partial charge in [-0.2, -0.15) is 0 Å². The second-order valence-electron chi connectivity index (χ2n) is 4.67. The molecule has 0 bridgehead atoms. The first-order chi connectivity index (χ1) is 10.7. The van der Waals surface area contributed by atoms with Crippen molar-refractivity contribution in [3.63, 3.8) is 0 Å². The van der Waals surface area contributed by atoms with Crippen LogP contribution in [0.1, 0.15) is 11.1 Å². The van der Waals surface area contributed by atoms with Crippen LogP contribution in [0.4, 0.5) is 0 Å². The van der Waals surface area contributed by atoms with Crippen molar-refractivity contribution in [2.24, 2.45) is 4.99 Å². The molecule has 4 heteroatoms. The zero-order valence-corrected chi connectivity index (χ0v) is 13.2. The summed E-state index contributed by atoms with van der Waals surface area (Å²) in [6, 6.07) is 17.4. The van der Waals surface area contributed by atoms with Gasteiger partial charge in [-0.3, -0.25) is 0 Å². The highest BCUT2D eigenvalue weighted by Crippen LogP contribution is 2.19. The minimum Gasteiger partial charge on any atom is -0.403 e. The monoisotopic (exact) mass is 353 g/mol. The van der Waals surface area contributed by atoms with Gasteiger partial charge < -0.3 is 4.74 Å². The molecule has 108 valence electrons. The Hall–Kier alpha value is -2.46. The predicted molar refractivity (Wildman–Crippen MR) is 91.1 cm³/mol. The number of aliphatic imine (C=N–C) groups is 1. The average molecular weight is 354 g/mol. The summed E-state index contributed by atoms with van der Waals surface area (Å²) in [4.78, 5) is 16.0. The fourth-order valence-electron chi connectivity index (χ4n) is 1.98. The number of hydrogen-bond acceptors (Lipinski definition) is 3. The van der Waals surface area contributed by atoms with Gasteiger partial charge in [0, 0.05) is 10.5 Å². The predicted octanol–water partition coefficient (Wildman–Crippen LogP) is 4.46. The summed E-state index contributed by atoms with van der Waals surface area (Å²) in [5.41, 5.74) is 2.20. The van der Waals surface area contributed by atoms with Gasteiger partial charge in [-0.1, -0.05) is 58.4 Å². The lowest BCUT2D eigenvalue weighted by Gasteiger charge is -1.94. The first kappa shape index (κ1) is 14.5. The van der Waals surface area contributed by atoms with E-state index in [0.717, 1.165) is 15.6 Å². The van der Waals surface area contributed by atoms with Crippen molar-refractivity contribution in [3.05, 3.63) is 82.0 Å². The molecule has 1 aliphatic rings. The molecule has 1 aliphatic heterocycles. The van der Waals surface area contributed by atoms with Crippen molar-refractivity contribution in [1.82, 2.24) is 0 Å². The molecule has 0 saturated heterocycles. The summed E-state index contributed by atoms with van der Waals surface area (Å²) >= 11 is 3.40. The third-order valence-corrected chi connectivity index (χ3v) is 3.50. The molecule has 3 nitrogen and oxygen atoms in total. The van der Waals surface area contributed by atoms with Gasteiger partial charge in [0.1, 0.15) is 0 Å². The van der Waals surface area contributed by atoms with Crippen LogP contribution in [-0.2, 0) is 9.53 Å². The second kappa shape index (κ2) is 6.54. The lowest BCUT2D eigenvalue weighted by atomic mass is 10.2. The third kappa shape index (κ3) is 3.59. The molecule has 2 aromatic carbocycles. The zero-order chi connectivity index (χ0) is 15.4. The van der Waals surface area contributed by atoms with Gasteiger partial charge in [0.05, 0.1) is 0 Å². The van der Waals surface area contributed by atoms with Crippen molar-refractivity contribution >= 4 is 39.9 Å². The summed E-state index contributed by atoms with van der Waals surface area (Å²) in [6.45, 7) is 0. The molecule has 0 fully saturated rings. The van der Waals surface area contributed by atoms with Gasteiger partial charge in [-0.15, -0.1) is 0 Å². The van der Waals surface area contributed by atoms with E-state index in [0.29, 0.717) is 11.6 Å². The highest BCUT2D eigenvalue weighted by atomic mass is 79.9. The molecular weight excluding hydrogens is 342 g/mol. The number of carbonyl (C=O) groups is 1. The Labute approximate surface area is 136 Å². The van der Waals surface area contributed by atoms with Crippen LogP contribution in [-0.4, -0.2) is 11.9 Å². The Kier molecular flexibility index (Phi) is 4.30. The quantitative estimate of drug-likeness (QED) is 0.603. The van der Waals surface area contributed by atoms with E-state index in [-0.39, 0.29) is 0 Å². The molecule has 0 amide bonds. The Morgan fingerprint density at radius 3 is 2.50 bits per heavy atom. The van der Waals surface area contributed by atoms with Crippen LogP contribution in [0.2, 0.25) is 0 Å². The van der Waals surface area contributed by atoms with Gasteiger partial charge >= 0.3 is 5.97 Å². The second-order valence-corrected chi connectivity index (χ2v) is 5.58. The zero-order valence-electron chi connectivity index (χ0n) is 11.6. The molecule has 1 heterocycles. The molecule has 0 aromatic heterocycles. The van der Waals surface area contributed by atoms with E-state index in [1.165, 1.54) is 0 Å². The van der Waals surface area contributed by atoms with Crippen molar-refractivity contribution in [2.75, 3.05) is 0 Å². The maximum Gasteiger partial charge on any atom is 0.363 e. The highest BCUT2D eigenvalue weighted by molar-refractivity contribution is 9.10. The van der Waals surface area contributed by atoms with Crippen LogP contribution in [0.3, 0.4) is 0 Å². The summed E-state index contributed by atoms with van der Waals surface area (Å²) in [5, 5.41) is 0. The minimum absolute atomic E-state index is 0.297. The van der Waals surface area contributed by atoms with E-state index in [4.69, 9.17) is 4.74 Å². The number of cyclic esters (lactones) is 1. The van der Waals surface area contributed by atoms with Crippen LogP contribution < -0.4 is 0 Å². The van der Waals surface area contributed by atoms with Crippen molar-refractivity contribution in [2.45, 2.75) is 0 Å². The highest BCUT2D eigenvalue weighted by Gasteiger charge is 2.20. The number of esters is 1. The van der Waals surface area contributed by atoms with Crippen molar-refractivity contribution in [1.29, 1.82) is 0 Å². The molecule has 3 rings (SSSR count). The lowest BCUT2D eigenvalue weighted by molar-refractivity contribution is -0.129. The van der Waals surface area contributed by atoms with Gasteiger partial charge in [0.25, 0.3) is 0 Å². The molecule has 22 heavy (non-hydrogen) atoms. The number of nitrogens with zero attached hydrogens (tertiary/aromatic N) is 1. The molecule has 0 radical (unpaired) electrons. The standard InChI is InChI=1S/C18H12BrNO2/c19-15-8-4-7-14(11-15)12-16-18(21)22-17(20-16)10-9-13-5-2-1-3-6-13/h1-12H. The van der Waals surface area contributed by atoms with Gasteiger partial charge in [-0.05, 0) is 35.4 Å². The van der Waals surface area contributed by atoms with Crippen LogP contribution >= 0.6 is 15.9 Å². The van der Waals surface area contributed by atoms with E-state index in [1.807, 2.05) is 60.7 Å². The number of hydrogen-bond donors (Lipinski definition) is 0. The van der Waals surface area contributed by atoms with Gasteiger partial charge in [-0.25, -0.2) is 9.79 Å². The molecule has 0 N–H and O–H groups in total. The number of ether oxygens (including phenoxy) is 1. The number of halogens is 1. The van der Waals surface area contributed by atoms with Gasteiger partial charge in [0.15, 0.2) is 5.70 Å². The largest absolute Gasteiger partial charge is 0.403 e. The Bertz CT molecular complexity index is 792. The summed E-state index contributed by atoms with van der Waals surface area (Å²) in [7, 11) is 0. The van der Waals surface area contributed by atoms with Crippen LogP contribution in [0, 0.1) is 0 Å². The summed E-state index contributed by atoms with van der Waals surface area (Å²) < 4.78 is 6.09. The molecule has 0 spiro atoms. The Morgan fingerprint density at radius 2 is 1.73 bits per heavy atom. The molecular formula is C18H12BrNO2. The topological polar surface area (TPSA) is 38.7 Å². The third-order valence-electron chi connectivity index (χ3n) is 3.01. The Morgan fingerprint density at radius 1 is 0.955 bits per heavy atom. The fourth-order valence-corrected chi connectivity index (χ4v) is 2.40. The lowest BCUT2D eigenvalue weighted by Crippen LogP contribution is -2.01. The molecule has 0 atom stereocenters. The minimum atomic E-state index is -0.437. The first-order valence-electron chi connectivity index (χ1n) is 6.72. The van der Waals surface area contributed by atoms with Crippen molar-refractivity contribution < 1.29 is 9.53 Å². The van der Waals surface area contributed by atoms with Crippen molar-refractivity contribution in [3.8, 4) is 0 Å². The molecule has 0 aliphatic carbocycles. The van der Waals surface area contributed by atoms with Crippen LogP contribution in [0.15, 0.2) is 75.8 Å². The normalized spacial score (nSPS) is 16.1. The van der Waals surface area contributed by atoms with E-state index in [2.05, 4.69) is 20.9 Å². The van der Waals surface area contributed by atoms with E-state index in [9.17, 15) is 4.79 Å². The maximum absolute atomic E-state index is 11.8. The van der Waals surface area contributed by atoms with E-state index in [1.54, 1.807) is 12.2 Å². The summed E-state index contributed by atoms with van der Waals surface area (Å²) in [5.74, 6) is -0.136. The SMILES string of the molecule is O=C1OC(C=Cc2ccccc2)=NC1=Cc1cccc(Br)c1. The number of carbonyl (C=O) groups excluding carboxylic acids is 1.